The minimum Gasteiger partial charge on any atom is -0.308 e. The number of amides is 3. The van der Waals surface area contributed by atoms with Gasteiger partial charge in [-0.2, -0.15) is 0 Å². The van der Waals surface area contributed by atoms with E-state index in [9.17, 15) is 18.4 Å². The van der Waals surface area contributed by atoms with Gasteiger partial charge in [-0.15, -0.1) is 11.8 Å². The van der Waals surface area contributed by atoms with Crippen LogP contribution in [-0.2, 0) is 16.2 Å². The first-order valence-electron chi connectivity index (χ1n) is 10.1. The summed E-state index contributed by atoms with van der Waals surface area (Å²) in [6, 6.07) is 18.6. The number of hydrogen-bond donors (Lipinski definition) is 1. The summed E-state index contributed by atoms with van der Waals surface area (Å²) >= 11 is 1.40. The molecular weight excluding hydrogens is 432 g/mol. The number of halogens is 2. The van der Waals surface area contributed by atoms with E-state index in [0.29, 0.717) is 29.2 Å². The first-order chi connectivity index (χ1) is 15.5. The summed E-state index contributed by atoms with van der Waals surface area (Å²) in [6.45, 7) is 0.551. The van der Waals surface area contributed by atoms with Crippen molar-refractivity contribution in [1.29, 1.82) is 0 Å². The molecule has 2 heterocycles. The Hall–Kier alpha value is -3.39. The van der Waals surface area contributed by atoms with Gasteiger partial charge in [-0.3, -0.25) is 9.69 Å². The predicted octanol–water partition coefficient (Wildman–Crippen LogP) is 4.95. The van der Waals surface area contributed by atoms with Crippen LogP contribution in [0.25, 0.3) is 0 Å². The molecule has 1 spiro atoms. The van der Waals surface area contributed by atoms with Crippen LogP contribution in [0.2, 0.25) is 0 Å². The van der Waals surface area contributed by atoms with Crippen molar-refractivity contribution in [1.82, 2.24) is 4.90 Å². The number of thioether (sulfide) groups is 1. The number of nitrogens with zero attached hydrogens (tertiary/aromatic N) is 2. The van der Waals surface area contributed by atoms with Crippen LogP contribution < -0.4 is 10.2 Å². The number of urea groups is 1. The maximum absolute atomic E-state index is 13.8. The van der Waals surface area contributed by atoms with Gasteiger partial charge in [-0.05, 0) is 42.0 Å². The highest BCUT2D eigenvalue weighted by atomic mass is 32.2. The summed E-state index contributed by atoms with van der Waals surface area (Å²) in [5.74, 6) is -0.509. The Morgan fingerprint density at radius 2 is 1.75 bits per heavy atom. The summed E-state index contributed by atoms with van der Waals surface area (Å²) in [6.07, 6.45) is 0. The zero-order valence-corrected chi connectivity index (χ0v) is 17.7. The Bertz CT molecular complexity index is 1220. The molecule has 8 heteroatoms. The number of anilines is 2. The Balaban J connectivity index is 1.51. The number of rotatable bonds is 3. The summed E-state index contributed by atoms with van der Waals surface area (Å²) in [5.41, 5.74) is 2.39. The summed E-state index contributed by atoms with van der Waals surface area (Å²) in [4.78, 5) is 28.9. The molecule has 0 bridgehead atoms. The molecule has 1 fully saturated rings. The lowest BCUT2D eigenvalue weighted by Crippen LogP contribution is -2.51. The summed E-state index contributed by atoms with van der Waals surface area (Å²) in [5, 5.41) is 2.71. The zero-order valence-electron chi connectivity index (χ0n) is 16.9. The van der Waals surface area contributed by atoms with Crippen LogP contribution >= 0.6 is 11.8 Å². The third-order valence-electron chi connectivity index (χ3n) is 5.65. The number of para-hydroxylation sites is 1. The Morgan fingerprint density at radius 3 is 2.53 bits per heavy atom. The quantitative estimate of drug-likeness (QED) is 0.613. The molecule has 2 aliphatic rings. The fourth-order valence-corrected chi connectivity index (χ4v) is 5.76. The van der Waals surface area contributed by atoms with Gasteiger partial charge in [0.05, 0.1) is 12.2 Å². The highest BCUT2D eigenvalue weighted by Gasteiger charge is 2.59. The lowest BCUT2D eigenvalue weighted by molar-refractivity contribution is -0.123. The molecule has 2 aliphatic heterocycles. The van der Waals surface area contributed by atoms with Gasteiger partial charge in [0.25, 0.3) is 5.91 Å². The van der Waals surface area contributed by atoms with Crippen LogP contribution in [0.3, 0.4) is 0 Å². The molecule has 3 aromatic carbocycles. The summed E-state index contributed by atoms with van der Waals surface area (Å²) < 4.78 is 27.3. The van der Waals surface area contributed by atoms with Crippen LogP contribution in [0, 0.1) is 11.6 Å². The number of carbonyl (C=O) groups excluding carboxylic acids is 2. The molecule has 1 atom stereocenters. The molecule has 3 amide bonds. The van der Waals surface area contributed by atoms with E-state index in [4.69, 9.17) is 0 Å². The first kappa shape index (κ1) is 20.5. The van der Waals surface area contributed by atoms with Crippen LogP contribution in [0.1, 0.15) is 11.1 Å². The van der Waals surface area contributed by atoms with Crippen LogP contribution in [-0.4, -0.2) is 29.1 Å². The molecule has 162 valence electrons. The molecule has 0 unspecified atom stereocenters. The smallest absolute Gasteiger partial charge is 0.308 e. The largest absolute Gasteiger partial charge is 0.323 e. The number of fused-ring (bicyclic) bond motifs is 2. The Kier molecular flexibility index (Phi) is 5.09. The highest BCUT2D eigenvalue weighted by molar-refractivity contribution is 8.01. The molecular formula is C24H19F2N3O2S. The molecule has 0 aromatic heterocycles. The first-order valence-corrected chi connectivity index (χ1v) is 11.1. The molecule has 0 saturated carbocycles. The van der Waals surface area contributed by atoms with E-state index in [0.717, 1.165) is 5.56 Å². The van der Waals surface area contributed by atoms with Gasteiger partial charge in [-0.1, -0.05) is 36.4 Å². The average molecular weight is 451 g/mol. The normalized spacial score (nSPS) is 19.5. The van der Waals surface area contributed by atoms with Crippen molar-refractivity contribution in [3.8, 4) is 0 Å². The minimum absolute atomic E-state index is 0.190. The Labute approximate surface area is 188 Å². The van der Waals surface area contributed by atoms with Gasteiger partial charge in [0.2, 0.25) is 0 Å². The van der Waals surface area contributed by atoms with E-state index >= 15 is 0 Å². The number of carbonyl (C=O) groups is 2. The highest BCUT2D eigenvalue weighted by Crippen LogP contribution is 2.54. The second kappa shape index (κ2) is 7.94. The predicted molar refractivity (Wildman–Crippen MR) is 120 cm³/mol. The van der Waals surface area contributed by atoms with Crippen molar-refractivity contribution in [2.45, 2.75) is 11.4 Å². The zero-order chi connectivity index (χ0) is 22.3. The fraction of sp³-hybridized carbons (Fsp3) is 0.167. The van der Waals surface area contributed by atoms with E-state index in [1.165, 1.54) is 47.0 Å². The van der Waals surface area contributed by atoms with Crippen molar-refractivity contribution < 1.29 is 18.4 Å². The van der Waals surface area contributed by atoms with Crippen molar-refractivity contribution in [3.63, 3.8) is 0 Å². The molecule has 0 radical (unpaired) electrons. The number of nitrogens with one attached hydrogen (secondary N) is 1. The van der Waals surface area contributed by atoms with Gasteiger partial charge >= 0.3 is 6.03 Å². The van der Waals surface area contributed by atoms with Gasteiger partial charge < -0.3 is 10.2 Å². The standard InChI is InChI=1S/C24H19F2N3O2S/c25-17-6-3-5-16(13-17)15-28-21-10-2-1-9-20(21)24(22(28)30)29(11-12-32-24)23(31)27-19-8-4-7-18(26)14-19/h1-10,13-14H,11-12,15H2,(H,27,31)/t24-/m0/s1. The van der Waals surface area contributed by atoms with Crippen LogP contribution in [0.15, 0.2) is 72.8 Å². The third-order valence-corrected chi connectivity index (χ3v) is 7.07. The molecule has 5 nitrogen and oxygen atoms in total. The molecule has 0 aliphatic carbocycles. The third kappa shape index (κ3) is 3.31. The van der Waals surface area contributed by atoms with Crippen molar-refractivity contribution in [3.05, 3.63) is 95.6 Å². The average Bonchev–Trinajstić information content (AvgIpc) is 3.31. The van der Waals surface area contributed by atoms with E-state index in [-0.39, 0.29) is 18.3 Å². The van der Waals surface area contributed by atoms with E-state index in [1.807, 2.05) is 24.3 Å². The van der Waals surface area contributed by atoms with Crippen molar-refractivity contribution in [2.24, 2.45) is 0 Å². The lowest BCUT2D eigenvalue weighted by atomic mass is 10.1. The topological polar surface area (TPSA) is 52.7 Å². The van der Waals surface area contributed by atoms with Gasteiger partial charge in [0.1, 0.15) is 11.6 Å². The van der Waals surface area contributed by atoms with Crippen molar-refractivity contribution >= 4 is 35.1 Å². The molecule has 3 aromatic rings. The minimum atomic E-state index is -1.22. The van der Waals surface area contributed by atoms with Crippen LogP contribution in [0.4, 0.5) is 25.0 Å². The van der Waals surface area contributed by atoms with Gasteiger partial charge in [0, 0.05) is 23.5 Å². The lowest BCUT2D eigenvalue weighted by Gasteiger charge is -2.33. The maximum Gasteiger partial charge on any atom is 0.323 e. The second-order valence-electron chi connectivity index (χ2n) is 7.62. The van der Waals surface area contributed by atoms with Gasteiger partial charge in [0.15, 0.2) is 4.87 Å². The number of hydrogen-bond acceptors (Lipinski definition) is 3. The van der Waals surface area contributed by atoms with Crippen LogP contribution in [0.5, 0.6) is 0 Å². The molecule has 5 rings (SSSR count). The number of benzene rings is 3. The summed E-state index contributed by atoms with van der Waals surface area (Å²) in [7, 11) is 0. The Morgan fingerprint density at radius 1 is 1.00 bits per heavy atom. The fourth-order valence-electron chi connectivity index (χ4n) is 4.30. The monoisotopic (exact) mass is 451 g/mol. The molecule has 1 saturated heterocycles. The second-order valence-corrected chi connectivity index (χ2v) is 8.91. The van der Waals surface area contributed by atoms with Crippen molar-refractivity contribution in [2.75, 3.05) is 22.5 Å². The SMILES string of the molecule is O=C(Nc1cccc(F)c1)N1CCS[C@@]12C(=O)N(Cc1cccc(F)c1)c1ccccc12. The van der Waals surface area contributed by atoms with E-state index in [2.05, 4.69) is 5.32 Å². The molecule has 32 heavy (non-hydrogen) atoms. The van der Waals surface area contributed by atoms with Gasteiger partial charge in [-0.25, -0.2) is 13.6 Å². The van der Waals surface area contributed by atoms with E-state index < -0.39 is 16.7 Å². The maximum atomic E-state index is 13.8. The van der Waals surface area contributed by atoms with E-state index in [1.54, 1.807) is 23.1 Å². The molecule has 1 N–H and O–H groups in total.